The van der Waals surface area contributed by atoms with Crippen LogP contribution in [0.4, 0.5) is 5.82 Å². The van der Waals surface area contributed by atoms with E-state index in [4.69, 9.17) is 14.7 Å². The first kappa shape index (κ1) is 14.1. The molecule has 20 heavy (non-hydrogen) atoms. The zero-order chi connectivity index (χ0) is 13.8. The summed E-state index contributed by atoms with van der Waals surface area (Å²) in [6, 6.07) is 0. The molecule has 4 nitrogen and oxygen atoms in total. The van der Waals surface area contributed by atoms with Gasteiger partial charge in [-0.3, -0.25) is 0 Å². The summed E-state index contributed by atoms with van der Waals surface area (Å²) >= 11 is 1.93. The van der Waals surface area contributed by atoms with E-state index in [-0.39, 0.29) is 6.10 Å². The van der Waals surface area contributed by atoms with Crippen molar-refractivity contribution in [3.8, 4) is 0 Å². The Morgan fingerprint density at radius 1 is 1.30 bits per heavy atom. The van der Waals surface area contributed by atoms with Crippen molar-refractivity contribution in [3.63, 3.8) is 0 Å². The maximum atomic E-state index is 5.84. The van der Waals surface area contributed by atoms with Crippen LogP contribution >= 0.6 is 11.8 Å². The van der Waals surface area contributed by atoms with E-state index in [1.165, 1.54) is 24.1 Å². The Morgan fingerprint density at radius 3 is 3.00 bits per heavy atom. The molecule has 1 aromatic heterocycles. The molecular formula is C15H23N3OS. The van der Waals surface area contributed by atoms with Gasteiger partial charge in [-0.05, 0) is 32.1 Å². The minimum atomic E-state index is 0.0724. The number of hydrogen-bond acceptors (Lipinski definition) is 5. The molecule has 0 saturated carbocycles. The van der Waals surface area contributed by atoms with Crippen molar-refractivity contribution >= 4 is 17.6 Å². The maximum absolute atomic E-state index is 5.84. The molecule has 1 N–H and O–H groups in total. The molecule has 1 aliphatic heterocycles. The Labute approximate surface area is 125 Å². The van der Waals surface area contributed by atoms with Gasteiger partial charge in [-0.1, -0.05) is 6.92 Å². The van der Waals surface area contributed by atoms with Crippen LogP contribution < -0.4 is 5.32 Å². The molecule has 1 aromatic rings. The maximum Gasteiger partial charge on any atom is 0.160 e. The lowest BCUT2D eigenvalue weighted by Crippen LogP contribution is -2.22. The van der Waals surface area contributed by atoms with Crippen LogP contribution in [0.15, 0.2) is 0 Å². The minimum Gasteiger partial charge on any atom is -0.370 e. The molecule has 0 amide bonds. The Balaban J connectivity index is 1.89. The van der Waals surface area contributed by atoms with Crippen molar-refractivity contribution in [3.05, 3.63) is 17.1 Å². The summed E-state index contributed by atoms with van der Waals surface area (Å²) in [4.78, 5) is 9.60. The molecular weight excluding hydrogens is 270 g/mol. The Morgan fingerprint density at radius 2 is 2.20 bits per heavy atom. The van der Waals surface area contributed by atoms with Gasteiger partial charge >= 0.3 is 0 Å². The number of ether oxygens (including phenoxy) is 1. The van der Waals surface area contributed by atoms with E-state index in [2.05, 4.69) is 12.2 Å². The van der Waals surface area contributed by atoms with Crippen LogP contribution in [0.3, 0.4) is 0 Å². The fourth-order valence-corrected chi connectivity index (χ4v) is 3.62. The van der Waals surface area contributed by atoms with Gasteiger partial charge in [-0.15, -0.1) is 0 Å². The van der Waals surface area contributed by atoms with Crippen LogP contribution in [0.5, 0.6) is 0 Å². The van der Waals surface area contributed by atoms with Crippen LogP contribution in [-0.4, -0.2) is 34.6 Å². The Bertz CT molecular complexity index is 461. The molecule has 1 fully saturated rings. The van der Waals surface area contributed by atoms with Crippen LogP contribution in [0, 0.1) is 0 Å². The summed E-state index contributed by atoms with van der Waals surface area (Å²) in [5, 5.41) is 3.49. The van der Waals surface area contributed by atoms with Gasteiger partial charge in [0.15, 0.2) is 5.82 Å². The number of thioether (sulfide) groups is 1. The third-order valence-electron chi connectivity index (χ3n) is 3.85. The van der Waals surface area contributed by atoms with E-state index in [1.54, 1.807) is 0 Å². The van der Waals surface area contributed by atoms with Crippen LogP contribution in [-0.2, 0) is 17.6 Å². The summed E-state index contributed by atoms with van der Waals surface area (Å²) in [6.45, 7) is 3.97. The van der Waals surface area contributed by atoms with E-state index in [0.29, 0.717) is 0 Å². The number of nitrogens with zero attached hydrogens (tertiary/aromatic N) is 2. The average Bonchev–Trinajstić information content (AvgIpc) is 2.53. The second-order valence-corrected chi connectivity index (χ2v) is 6.57. The highest BCUT2D eigenvalue weighted by atomic mass is 32.2. The lowest BCUT2D eigenvalue weighted by atomic mass is 9.96. The zero-order valence-corrected chi connectivity index (χ0v) is 13.0. The number of aromatic nitrogens is 2. The van der Waals surface area contributed by atoms with Crippen molar-refractivity contribution < 1.29 is 4.74 Å². The average molecular weight is 293 g/mol. The van der Waals surface area contributed by atoms with Crippen molar-refractivity contribution in [2.45, 2.75) is 45.1 Å². The predicted molar refractivity (Wildman–Crippen MR) is 83.5 cm³/mol. The second kappa shape index (κ2) is 6.76. The number of anilines is 1. The highest BCUT2D eigenvalue weighted by Gasteiger charge is 2.24. The normalized spacial score (nSPS) is 22.4. The van der Waals surface area contributed by atoms with Crippen LogP contribution in [0.1, 0.15) is 49.4 Å². The second-order valence-electron chi connectivity index (χ2n) is 5.42. The summed E-state index contributed by atoms with van der Waals surface area (Å²) in [5.74, 6) is 4.01. The van der Waals surface area contributed by atoms with Gasteiger partial charge in [-0.2, -0.15) is 11.8 Å². The molecule has 110 valence electrons. The summed E-state index contributed by atoms with van der Waals surface area (Å²) in [5.41, 5.74) is 2.59. The first-order chi connectivity index (χ1) is 9.88. The monoisotopic (exact) mass is 293 g/mol. The standard InChI is InChI=1S/C15H23N3OS/c1-2-7-16-14-11-5-3-4-6-12(11)17-15(18-14)13-10-20-9-8-19-13/h13H,2-10H2,1H3,(H,16,17,18). The molecule has 0 bridgehead atoms. The van der Waals surface area contributed by atoms with Crippen LogP contribution in [0.25, 0.3) is 0 Å². The van der Waals surface area contributed by atoms with Gasteiger partial charge in [0.25, 0.3) is 0 Å². The van der Waals surface area contributed by atoms with Gasteiger partial charge in [0, 0.05) is 29.3 Å². The Kier molecular flexibility index (Phi) is 4.78. The fourth-order valence-electron chi connectivity index (χ4n) is 2.78. The van der Waals surface area contributed by atoms with Crippen molar-refractivity contribution in [2.75, 3.05) is 30.0 Å². The third-order valence-corrected chi connectivity index (χ3v) is 4.84. The van der Waals surface area contributed by atoms with Crippen molar-refractivity contribution in [2.24, 2.45) is 0 Å². The fraction of sp³-hybridized carbons (Fsp3) is 0.733. The molecule has 0 spiro atoms. The lowest BCUT2D eigenvalue weighted by molar-refractivity contribution is 0.0693. The van der Waals surface area contributed by atoms with E-state index >= 15 is 0 Å². The molecule has 3 rings (SSSR count). The minimum absolute atomic E-state index is 0.0724. The first-order valence-corrected chi connectivity index (χ1v) is 8.87. The highest BCUT2D eigenvalue weighted by molar-refractivity contribution is 7.99. The number of hydrogen-bond donors (Lipinski definition) is 1. The summed E-state index contributed by atoms with van der Waals surface area (Å²) in [7, 11) is 0. The van der Waals surface area contributed by atoms with E-state index < -0.39 is 0 Å². The largest absolute Gasteiger partial charge is 0.370 e. The molecule has 0 aromatic carbocycles. The van der Waals surface area contributed by atoms with Gasteiger partial charge in [0.1, 0.15) is 11.9 Å². The summed E-state index contributed by atoms with van der Waals surface area (Å²) in [6.07, 6.45) is 5.89. The van der Waals surface area contributed by atoms with Gasteiger partial charge in [0.05, 0.1) is 6.61 Å². The molecule has 2 heterocycles. The quantitative estimate of drug-likeness (QED) is 0.924. The smallest absolute Gasteiger partial charge is 0.160 e. The van der Waals surface area contributed by atoms with Gasteiger partial charge in [-0.25, -0.2) is 9.97 Å². The molecule has 5 heteroatoms. The van der Waals surface area contributed by atoms with Crippen molar-refractivity contribution in [1.29, 1.82) is 0 Å². The van der Waals surface area contributed by atoms with E-state index in [9.17, 15) is 0 Å². The number of nitrogens with one attached hydrogen (secondary N) is 1. The van der Waals surface area contributed by atoms with Gasteiger partial charge in [0.2, 0.25) is 0 Å². The SMILES string of the molecule is CCCNc1nc(C2CSCCO2)nc2c1CCCC2. The predicted octanol–water partition coefficient (Wildman–Crippen LogP) is 2.98. The molecule has 1 unspecified atom stereocenters. The number of aryl methyl sites for hydroxylation is 1. The number of fused-ring (bicyclic) bond motifs is 1. The molecule has 1 aliphatic carbocycles. The van der Waals surface area contributed by atoms with E-state index in [1.807, 2.05) is 11.8 Å². The third kappa shape index (κ3) is 3.09. The molecule has 2 aliphatic rings. The van der Waals surface area contributed by atoms with Crippen molar-refractivity contribution in [1.82, 2.24) is 9.97 Å². The molecule has 0 radical (unpaired) electrons. The van der Waals surface area contributed by atoms with Gasteiger partial charge < -0.3 is 10.1 Å². The first-order valence-electron chi connectivity index (χ1n) is 7.71. The van der Waals surface area contributed by atoms with E-state index in [0.717, 1.165) is 55.6 Å². The van der Waals surface area contributed by atoms with Crippen LogP contribution in [0.2, 0.25) is 0 Å². The summed E-state index contributed by atoms with van der Waals surface area (Å²) < 4.78 is 5.84. The number of rotatable bonds is 4. The zero-order valence-electron chi connectivity index (χ0n) is 12.2. The molecule has 1 saturated heterocycles. The molecule has 1 atom stereocenters. The highest BCUT2D eigenvalue weighted by Crippen LogP contribution is 2.30. The lowest BCUT2D eigenvalue weighted by Gasteiger charge is -2.25. The Hall–Kier alpha value is -0.810. The topological polar surface area (TPSA) is 47.0 Å².